The van der Waals surface area contributed by atoms with Gasteiger partial charge in [0.15, 0.2) is 0 Å². The van der Waals surface area contributed by atoms with Crippen LogP contribution in [-0.4, -0.2) is 15.5 Å². The van der Waals surface area contributed by atoms with Gasteiger partial charge in [-0.05, 0) is 43.3 Å². The van der Waals surface area contributed by atoms with Crippen LogP contribution in [0.3, 0.4) is 0 Å². The lowest BCUT2D eigenvalue weighted by Crippen LogP contribution is -2.23. The van der Waals surface area contributed by atoms with E-state index in [1.165, 1.54) is 25.2 Å². The van der Waals surface area contributed by atoms with E-state index in [-0.39, 0.29) is 17.5 Å². The van der Waals surface area contributed by atoms with Crippen LogP contribution in [0.1, 0.15) is 24.1 Å². The van der Waals surface area contributed by atoms with Crippen LogP contribution in [0, 0.1) is 11.6 Å². The third-order valence-electron chi connectivity index (χ3n) is 3.51. The quantitative estimate of drug-likeness (QED) is 0.850. The fourth-order valence-corrected chi connectivity index (χ4v) is 3.19. The Morgan fingerprint density at radius 2 is 1.70 bits per heavy atom. The molecular formula is C16H18F2N2O2S. The summed E-state index contributed by atoms with van der Waals surface area (Å²) in [5.41, 5.74) is 1.03. The second-order valence-electron chi connectivity index (χ2n) is 5.12. The van der Waals surface area contributed by atoms with Crippen molar-refractivity contribution in [3.8, 4) is 0 Å². The number of sulfonamides is 1. The number of hydrogen-bond donors (Lipinski definition) is 2. The summed E-state index contributed by atoms with van der Waals surface area (Å²) < 4.78 is 52.8. The van der Waals surface area contributed by atoms with Crippen LogP contribution < -0.4 is 10.0 Å². The Morgan fingerprint density at radius 3 is 2.30 bits per heavy atom. The van der Waals surface area contributed by atoms with Crippen LogP contribution in [0.2, 0.25) is 0 Å². The van der Waals surface area contributed by atoms with Crippen molar-refractivity contribution in [3.05, 3.63) is 65.2 Å². The van der Waals surface area contributed by atoms with Gasteiger partial charge in [0.1, 0.15) is 11.6 Å². The van der Waals surface area contributed by atoms with Crippen molar-refractivity contribution in [1.29, 1.82) is 0 Å². The first-order valence-electron chi connectivity index (χ1n) is 7.04. The van der Waals surface area contributed by atoms with E-state index < -0.39 is 21.7 Å². The highest BCUT2D eigenvalue weighted by Crippen LogP contribution is 2.19. The number of halogens is 2. The Hall–Kier alpha value is -1.83. The normalized spacial score (nSPS) is 13.0. The molecule has 0 radical (unpaired) electrons. The Labute approximate surface area is 134 Å². The summed E-state index contributed by atoms with van der Waals surface area (Å²) in [4.78, 5) is 0.174. The van der Waals surface area contributed by atoms with E-state index in [0.29, 0.717) is 11.1 Å². The van der Waals surface area contributed by atoms with Crippen LogP contribution in [0.5, 0.6) is 0 Å². The maximum Gasteiger partial charge on any atom is 0.240 e. The summed E-state index contributed by atoms with van der Waals surface area (Å²) >= 11 is 0. The zero-order valence-corrected chi connectivity index (χ0v) is 13.6. The highest BCUT2D eigenvalue weighted by Gasteiger charge is 2.16. The van der Waals surface area contributed by atoms with Gasteiger partial charge in [-0.25, -0.2) is 21.9 Å². The van der Waals surface area contributed by atoms with Crippen molar-refractivity contribution in [2.45, 2.75) is 24.4 Å². The zero-order chi connectivity index (χ0) is 17.0. The number of rotatable bonds is 6. The van der Waals surface area contributed by atoms with Crippen molar-refractivity contribution in [2.75, 3.05) is 7.05 Å². The molecule has 2 N–H and O–H groups in total. The summed E-state index contributed by atoms with van der Waals surface area (Å²) in [5, 5.41) is 3.08. The Morgan fingerprint density at radius 1 is 1.09 bits per heavy atom. The van der Waals surface area contributed by atoms with Crippen molar-refractivity contribution in [3.63, 3.8) is 0 Å². The van der Waals surface area contributed by atoms with E-state index in [2.05, 4.69) is 10.0 Å². The fraction of sp³-hybridized carbons (Fsp3) is 0.250. The summed E-state index contributed by atoms with van der Waals surface area (Å²) in [6.45, 7) is 2.00. The van der Waals surface area contributed by atoms with Gasteiger partial charge in [0.2, 0.25) is 10.0 Å². The molecule has 4 nitrogen and oxygen atoms in total. The van der Waals surface area contributed by atoms with E-state index >= 15 is 0 Å². The van der Waals surface area contributed by atoms with Gasteiger partial charge in [-0.3, -0.25) is 0 Å². The van der Waals surface area contributed by atoms with Crippen LogP contribution in [0.15, 0.2) is 47.4 Å². The SMILES string of the molecule is CNS(=O)(=O)c1ccccc1CNC(C)c1cc(F)cc(F)c1. The molecule has 0 aliphatic carbocycles. The molecule has 23 heavy (non-hydrogen) atoms. The molecule has 1 unspecified atom stereocenters. The van der Waals surface area contributed by atoms with E-state index in [4.69, 9.17) is 0 Å². The molecule has 0 fully saturated rings. The monoisotopic (exact) mass is 340 g/mol. The molecule has 2 aromatic rings. The third kappa shape index (κ3) is 4.34. The molecule has 7 heteroatoms. The van der Waals surface area contributed by atoms with E-state index in [1.54, 1.807) is 25.1 Å². The minimum atomic E-state index is -3.56. The number of benzene rings is 2. The molecule has 1 atom stereocenters. The average molecular weight is 340 g/mol. The molecule has 0 spiro atoms. The van der Waals surface area contributed by atoms with Crippen molar-refractivity contribution < 1.29 is 17.2 Å². The van der Waals surface area contributed by atoms with Gasteiger partial charge in [0, 0.05) is 18.7 Å². The van der Waals surface area contributed by atoms with Gasteiger partial charge in [-0.15, -0.1) is 0 Å². The lowest BCUT2D eigenvalue weighted by molar-refractivity contribution is 0.542. The Balaban J connectivity index is 2.18. The molecule has 0 heterocycles. The molecule has 0 aliphatic heterocycles. The van der Waals surface area contributed by atoms with Gasteiger partial charge in [0.05, 0.1) is 4.90 Å². The topological polar surface area (TPSA) is 58.2 Å². The zero-order valence-electron chi connectivity index (χ0n) is 12.8. The summed E-state index contributed by atoms with van der Waals surface area (Å²) in [6, 6.07) is 9.53. The van der Waals surface area contributed by atoms with Crippen LogP contribution in [0.4, 0.5) is 8.78 Å². The number of nitrogens with one attached hydrogen (secondary N) is 2. The molecule has 2 rings (SSSR count). The van der Waals surface area contributed by atoms with Crippen molar-refractivity contribution in [1.82, 2.24) is 10.0 Å². The largest absolute Gasteiger partial charge is 0.306 e. The summed E-state index contributed by atoms with van der Waals surface area (Å²) in [5.74, 6) is -1.29. The first-order valence-corrected chi connectivity index (χ1v) is 8.52. The molecular weight excluding hydrogens is 322 g/mol. The molecule has 0 bridgehead atoms. The molecule has 0 amide bonds. The smallest absolute Gasteiger partial charge is 0.240 e. The second-order valence-corrected chi connectivity index (χ2v) is 6.98. The second kappa shape index (κ2) is 7.16. The average Bonchev–Trinajstić information content (AvgIpc) is 2.52. The predicted octanol–water partition coefficient (Wildman–Crippen LogP) is 2.72. The van der Waals surface area contributed by atoms with E-state index in [1.807, 2.05) is 0 Å². The Bertz CT molecular complexity index is 774. The summed E-state index contributed by atoms with van der Waals surface area (Å²) in [6.07, 6.45) is 0. The number of hydrogen-bond acceptors (Lipinski definition) is 3. The first kappa shape index (κ1) is 17.5. The van der Waals surface area contributed by atoms with Crippen molar-refractivity contribution in [2.24, 2.45) is 0 Å². The standard InChI is InChI=1S/C16H18F2N2O2S/c1-11(13-7-14(17)9-15(18)8-13)20-10-12-5-3-4-6-16(12)23(21,22)19-2/h3-9,11,19-20H,10H2,1-2H3. The molecule has 0 aliphatic rings. The van der Waals surface area contributed by atoms with Crippen LogP contribution >= 0.6 is 0 Å². The molecule has 124 valence electrons. The highest BCUT2D eigenvalue weighted by atomic mass is 32.2. The van der Waals surface area contributed by atoms with E-state index in [9.17, 15) is 17.2 Å². The first-order chi connectivity index (χ1) is 10.8. The molecule has 2 aromatic carbocycles. The van der Waals surface area contributed by atoms with Gasteiger partial charge in [-0.2, -0.15) is 0 Å². The minimum Gasteiger partial charge on any atom is -0.306 e. The maximum atomic E-state index is 13.3. The maximum absolute atomic E-state index is 13.3. The fourth-order valence-electron chi connectivity index (χ4n) is 2.23. The lowest BCUT2D eigenvalue weighted by Gasteiger charge is -2.16. The molecule has 0 aromatic heterocycles. The van der Waals surface area contributed by atoms with Gasteiger partial charge < -0.3 is 5.32 Å². The molecule has 0 saturated heterocycles. The lowest BCUT2D eigenvalue weighted by atomic mass is 10.1. The third-order valence-corrected chi connectivity index (χ3v) is 5.03. The van der Waals surface area contributed by atoms with Crippen LogP contribution in [0.25, 0.3) is 0 Å². The Kier molecular flexibility index (Phi) is 5.46. The molecule has 0 saturated carbocycles. The highest BCUT2D eigenvalue weighted by molar-refractivity contribution is 7.89. The van der Waals surface area contributed by atoms with Gasteiger partial charge in [-0.1, -0.05) is 18.2 Å². The van der Waals surface area contributed by atoms with Gasteiger partial charge >= 0.3 is 0 Å². The predicted molar refractivity (Wildman–Crippen MR) is 84.3 cm³/mol. The van der Waals surface area contributed by atoms with E-state index in [0.717, 1.165) is 6.07 Å². The van der Waals surface area contributed by atoms with Gasteiger partial charge in [0.25, 0.3) is 0 Å². The van der Waals surface area contributed by atoms with Crippen molar-refractivity contribution >= 4 is 10.0 Å². The minimum absolute atomic E-state index is 0.174. The summed E-state index contributed by atoms with van der Waals surface area (Å²) in [7, 11) is -2.22. The van der Waals surface area contributed by atoms with Crippen LogP contribution in [-0.2, 0) is 16.6 Å².